The Bertz CT molecular complexity index is 2420. The van der Waals surface area contributed by atoms with Crippen LogP contribution in [0.4, 0.5) is 39.8 Å². The maximum absolute atomic E-state index is 11.7. The van der Waals surface area contributed by atoms with Crippen LogP contribution in [0.1, 0.15) is 16.7 Å². The first kappa shape index (κ1) is 34.5. The van der Waals surface area contributed by atoms with Gasteiger partial charge in [-0.05, 0) is 83.2 Å². The van der Waals surface area contributed by atoms with E-state index in [9.17, 15) is 23.2 Å². The maximum atomic E-state index is 11.7. The summed E-state index contributed by atoms with van der Waals surface area (Å²) in [5.74, 6) is 0.304. The van der Waals surface area contributed by atoms with E-state index in [1.807, 2.05) is 54.6 Å². The number of phenolic OH excluding ortho intramolecular Hbond substituents is 1. The van der Waals surface area contributed by atoms with E-state index in [2.05, 4.69) is 25.8 Å². The number of para-hydroxylation sites is 1. The molecule has 0 spiro atoms. The lowest BCUT2D eigenvalue weighted by Crippen LogP contribution is -2.02. The molecule has 6 aromatic carbocycles. The zero-order valence-electron chi connectivity index (χ0n) is 27.2. The molecule has 0 aromatic heterocycles. The topological polar surface area (TPSA) is 192 Å². The number of rotatable bonds is 11. The fourth-order valence-corrected chi connectivity index (χ4v) is 5.90. The van der Waals surface area contributed by atoms with Gasteiger partial charge in [-0.25, -0.2) is 0 Å². The minimum absolute atomic E-state index is 0.0242. The molecule has 0 aliphatic heterocycles. The Labute approximate surface area is 293 Å². The number of nitrogens with zero attached hydrogens (tertiary/aromatic N) is 4. The molecule has 0 saturated heterocycles. The maximum Gasteiger partial charge on any atom is 0.295 e. The fourth-order valence-electron chi connectivity index (χ4n) is 5.18. The van der Waals surface area contributed by atoms with Crippen molar-refractivity contribution in [2.24, 2.45) is 20.5 Å². The summed E-state index contributed by atoms with van der Waals surface area (Å²) >= 11 is 0. The van der Waals surface area contributed by atoms with Gasteiger partial charge in [0.05, 0.1) is 25.1 Å². The van der Waals surface area contributed by atoms with Crippen molar-refractivity contribution < 1.29 is 27.9 Å². The van der Waals surface area contributed by atoms with Crippen molar-refractivity contribution in [1.29, 1.82) is 0 Å². The van der Waals surface area contributed by atoms with Crippen LogP contribution in [0.3, 0.4) is 0 Å². The lowest BCUT2D eigenvalue weighted by molar-refractivity contribution is 0.282. The molecule has 0 fully saturated rings. The number of nitrogens with two attached hydrogens (primary N) is 1. The molecular weight excluding hydrogens is 669 g/mol. The summed E-state index contributed by atoms with van der Waals surface area (Å²) in [4.78, 5) is -0.287. The predicted molar refractivity (Wildman–Crippen MR) is 199 cm³/mol. The molecule has 0 unspecified atom stereocenters. The van der Waals surface area contributed by atoms with E-state index in [1.54, 1.807) is 60.7 Å². The number of benzene rings is 6. The van der Waals surface area contributed by atoms with Crippen LogP contribution in [-0.2, 0) is 16.7 Å². The van der Waals surface area contributed by atoms with E-state index < -0.39 is 10.1 Å². The number of azo groups is 2. The van der Waals surface area contributed by atoms with Gasteiger partial charge >= 0.3 is 0 Å². The number of phenols is 1. The molecule has 12 nitrogen and oxygen atoms in total. The summed E-state index contributed by atoms with van der Waals surface area (Å²) in [6, 6.07) is 33.3. The standard InChI is InChI=1S/C38H32N6O6S/c1-50-36-22-34(43-41-30-14-8-24(9-15-30)7-10-25-11-13-28(39)21-37(25)51(47,48)49)27(23-45)20-35(36)44-42-33-18-12-26-19-31(16-17-32(26)38(33)46)40-29-5-3-2-4-6-29/h2-22,40,45-46H,23,39H2,1H3,(H,47,48,49). The lowest BCUT2D eigenvalue weighted by atomic mass is 10.1. The Morgan fingerprint density at radius 3 is 2.24 bits per heavy atom. The number of fused-ring (bicyclic) bond motifs is 1. The summed E-state index contributed by atoms with van der Waals surface area (Å²) < 4.78 is 38.6. The highest BCUT2D eigenvalue weighted by molar-refractivity contribution is 7.86. The minimum atomic E-state index is -4.46. The van der Waals surface area contributed by atoms with E-state index in [4.69, 9.17) is 10.5 Å². The Morgan fingerprint density at radius 2 is 1.51 bits per heavy atom. The monoisotopic (exact) mass is 700 g/mol. The highest BCUT2D eigenvalue weighted by Gasteiger charge is 2.15. The Morgan fingerprint density at radius 1 is 0.765 bits per heavy atom. The average molecular weight is 701 g/mol. The van der Waals surface area contributed by atoms with Gasteiger partial charge in [-0.15, -0.1) is 10.2 Å². The van der Waals surface area contributed by atoms with Crippen LogP contribution in [0.25, 0.3) is 22.9 Å². The van der Waals surface area contributed by atoms with Gasteiger partial charge in [0.15, 0.2) is 5.75 Å². The molecule has 0 aliphatic rings. The average Bonchev–Trinajstić information content (AvgIpc) is 3.13. The summed E-state index contributed by atoms with van der Waals surface area (Å²) in [6.45, 7) is -0.359. The molecule has 6 rings (SSSR count). The zero-order valence-corrected chi connectivity index (χ0v) is 28.0. The smallest absolute Gasteiger partial charge is 0.295 e. The number of ether oxygens (including phenoxy) is 1. The van der Waals surface area contributed by atoms with Crippen LogP contribution in [-0.4, -0.2) is 30.3 Å². The number of aliphatic hydroxyl groups excluding tert-OH is 1. The normalized spacial score (nSPS) is 12.0. The van der Waals surface area contributed by atoms with Crippen LogP contribution < -0.4 is 15.8 Å². The summed E-state index contributed by atoms with van der Waals surface area (Å²) in [7, 11) is -2.99. The summed E-state index contributed by atoms with van der Waals surface area (Å²) in [6.07, 6.45) is 3.24. The zero-order chi connectivity index (χ0) is 36.0. The van der Waals surface area contributed by atoms with Crippen molar-refractivity contribution in [3.05, 3.63) is 132 Å². The molecule has 0 atom stereocenters. The molecule has 0 bridgehead atoms. The fraction of sp³-hybridized carbons (Fsp3) is 0.0526. The number of aliphatic hydroxyl groups is 1. The van der Waals surface area contributed by atoms with E-state index in [1.165, 1.54) is 19.2 Å². The SMILES string of the molecule is COc1cc(N=Nc2ccc(C=Cc3ccc(N)cc3S(=O)(=O)O)cc2)c(CO)cc1N=Nc1ccc2cc(Nc3ccccc3)ccc2c1O. The number of anilines is 3. The van der Waals surface area contributed by atoms with Crippen molar-refractivity contribution >= 4 is 72.9 Å². The highest BCUT2D eigenvalue weighted by Crippen LogP contribution is 2.40. The largest absolute Gasteiger partial charge is 0.505 e. The van der Waals surface area contributed by atoms with Crippen molar-refractivity contribution in [1.82, 2.24) is 0 Å². The van der Waals surface area contributed by atoms with Crippen LogP contribution in [0.5, 0.6) is 11.5 Å². The van der Waals surface area contributed by atoms with E-state index in [-0.39, 0.29) is 34.2 Å². The van der Waals surface area contributed by atoms with Gasteiger partial charge in [0.1, 0.15) is 22.0 Å². The molecule has 0 heterocycles. The summed E-state index contributed by atoms with van der Waals surface area (Å²) in [5.41, 5.74) is 10.6. The Kier molecular flexibility index (Phi) is 10.1. The Hall–Kier alpha value is -6.41. The van der Waals surface area contributed by atoms with E-state index >= 15 is 0 Å². The number of nitrogen functional groups attached to an aromatic ring is 1. The predicted octanol–water partition coefficient (Wildman–Crippen LogP) is 9.62. The van der Waals surface area contributed by atoms with Crippen LogP contribution in [0.2, 0.25) is 0 Å². The van der Waals surface area contributed by atoms with Gasteiger partial charge in [0.25, 0.3) is 10.1 Å². The number of methoxy groups -OCH3 is 1. The third-order valence-electron chi connectivity index (χ3n) is 7.79. The van der Waals surface area contributed by atoms with E-state index in [0.717, 1.165) is 22.3 Å². The molecule has 256 valence electrons. The first-order chi connectivity index (χ1) is 24.6. The van der Waals surface area contributed by atoms with Crippen molar-refractivity contribution in [3.8, 4) is 11.5 Å². The van der Waals surface area contributed by atoms with Gasteiger partial charge in [-0.2, -0.15) is 18.6 Å². The second kappa shape index (κ2) is 15.0. The van der Waals surface area contributed by atoms with Crippen molar-refractivity contribution in [2.45, 2.75) is 11.5 Å². The number of hydrogen-bond donors (Lipinski definition) is 5. The number of nitrogens with one attached hydrogen (secondary N) is 1. The first-order valence-electron chi connectivity index (χ1n) is 15.5. The van der Waals surface area contributed by atoms with Crippen molar-refractivity contribution in [2.75, 3.05) is 18.2 Å². The van der Waals surface area contributed by atoms with Gasteiger partial charge in [-0.3, -0.25) is 4.55 Å². The van der Waals surface area contributed by atoms with Gasteiger partial charge in [0.2, 0.25) is 0 Å². The number of aromatic hydroxyl groups is 1. The second-order valence-corrected chi connectivity index (χ2v) is 12.7. The minimum Gasteiger partial charge on any atom is -0.505 e. The van der Waals surface area contributed by atoms with Gasteiger partial charge < -0.3 is 26.0 Å². The molecular formula is C38H32N6O6S. The molecule has 6 aromatic rings. The first-order valence-corrected chi connectivity index (χ1v) is 16.9. The quantitative estimate of drug-likeness (QED) is 0.0382. The molecule has 13 heteroatoms. The van der Waals surface area contributed by atoms with Crippen LogP contribution >= 0.6 is 0 Å². The van der Waals surface area contributed by atoms with Crippen LogP contribution in [0, 0.1) is 0 Å². The second-order valence-electron chi connectivity index (χ2n) is 11.3. The molecule has 0 saturated carbocycles. The third kappa shape index (κ3) is 8.25. The third-order valence-corrected chi connectivity index (χ3v) is 8.70. The molecule has 0 aliphatic carbocycles. The lowest BCUT2D eigenvalue weighted by Gasteiger charge is -2.10. The molecule has 6 N–H and O–H groups in total. The van der Waals surface area contributed by atoms with Gasteiger partial charge in [-0.1, -0.05) is 54.6 Å². The van der Waals surface area contributed by atoms with Crippen molar-refractivity contribution in [3.63, 3.8) is 0 Å². The summed E-state index contributed by atoms with van der Waals surface area (Å²) in [5, 5.41) is 43.1. The molecule has 51 heavy (non-hydrogen) atoms. The Balaban J connectivity index is 1.18. The number of hydrogen-bond acceptors (Lipinski definition) is 11. The highest BCUT2D eigenvalue weighted by atomic mass is 32.2. The molecule has 0 radical (unpaired) electrons. The van der Waals surface area contributed by atoms with Gasteiger partial charge in [0, 0.05) is 34.1 Å². The van der Waals surface area contributed by atoms with E-state index in [0.29, 0.717) is 33.8 Å². The molecule has 0 amide bonds. The van der Waals surface area contributed by atoms with Crippen LogP contribution in [0.15, 0.2) is 141 Å².